The molecule has 38 heavy (non-hydrogen) atoms. The molecule has 0 aliphatic carbocycles. The van der Waals surface area contributed by atoms with Crippen LogP contribution in [0.5, 0.6) is 0 Å². The Morgan fingerprint density at radius 1 is 0.763 bits per heavy atom. The van der Waals surface area contributed by atoms with Crippen LogP contribution in [0.4, 0.5) is 49.6 Å². The standard InChI is InChI=1S/C25H25F6N7/c26-24(27,28)18-5-4-10-32-22(18)37-13-8-17-19(9-14-37)35-23(38-11-2-1-3-12-38)36-21(17)34-16-6-7-20(33-15-16)25(29,30)31/h4-7,10,15H,1-3,8-9,11-14H2,(H,34,35,36). The summed E-state index contributed by atoms with van der Waals surface area (Å²) in [4.78, 5) is 20.7. The minimum Gasteiger partial charge on any atom is -0.355 e. The van der Waals surface area contributed by atoms with Crippen LogP contribution in [0.3, 0.4) is 0 Å². The van der Waals surface area contributed by atoms with Crippen molar-refractivity contribution in [3.63, 3.8) is 0 Å². The SMILES string of the molecule is FC(F)(F)c1ccc(Nc2nc(N3CCCCC3)nc3c2CCN(c2ncccc2C(F)(F)F)CC3)cn1. The van der Waals surface area contributed by atoms with Crippen molar-refractivity contribution in [1.82, 2.24) is 19.9 Å². The number of nitrogens with zero attached hydrogens (tertiary/aromatic N) is 6. The molecule has 0 radical (unpaired) electrons. The Morgan fingerprint density at radius 2 is 1.53 bits per heavy atom. The second kappa shape index (κ2) is 10.3. The Bertz CT molecular complexity index is 1270. The molecule has 3 aromatic rings. The number of nitrogens with one attached hydrogen (secondary N) is 1. The molecule has 0 saturated carbocycles. The van der Waals surface area contributed by atoms with Crippen molar-refractivity contribution in [3.05, 3.63) is 59.2 Å². The number of pyridine rings is 2. The number of alkyl halides is 6. The van der Waals surface area contributed by atoms with Crippen molar-refractivity contribution in [3.8, 4) is 0 Å². The lowest BCUT2D eigenvalue weighted by Crippen LogP contribution is -2.31. The third-order valence-corrected chi connectivity index (χ3v) is 6.68. The van der Waals surface area contributed by atoms with Gasteiger partial charge in [0.05, 0.1) is 23.1 Å². The first-order chi connectivity index (χ1) is 18.1. The molecule has 1 saturated heterocycles. The van der Waals surface area contributed by atoms with E-state index in [1.165, 1.54) is 18.3 Å². The third kappa shape index (κ3) is 5.60. The molecule has 7 nitrogen and oxygen atoms in total. The molecule has 1 fully saturated rings. The normalized spacial score (nSPS) is 16.7. The maximum absolute atomic E-state index is 13.7. The van der Waals surface area contributed by atoms with Crippen molar-refractivity contribution in [2.24, 2.45) is 0 Å². The maximum atomic E-state index is 13.7. The molecule has 202 valence electrons. The van der Waals surface area contributed by atoms with Gasteiger partial charge >= 0.3 is 12.4 Å². The molecule has 5 heterocycles. The maximum Gasteiger partial charge on any atom is 0.433 e. The van der Waals surface area contributed by atoms with E-state index in [4.69, 9.17) is 9.97 Å². The average Bonchev–Trinajstić information content (AvgIpc) is 3.11. The Labute approximate surface area is 214 Å². The predicted molar refractivity (Wildman–Crippen MR) is 129 cm³/mol. The predicted octanol–water partition coefficient (Wildman–Crippen LogP) is 5.64. The Balaban J connectivity index is 1.48. The van der Waals surface area contributed by atoms with Crippen LogP contribution in [-0.2, 0) is 25.2 Å². The van der Waals surface area contributed by atoms with Gasteiger partial charge < -0.3 is 15.1 Å². The van der Waals surface area contributed by atoms with E-state index in [0.29, 0.717) is 41.6 Å². The number of hydrogen-bond donors (Lipinski definition) is 1. The van der Waals surface area contributed by atoms with Crippen LogP contribution < -0.4 is 15.1 Å². The molecule has 0 spiro atoms. The van der Waals surface area contributed by atoms with Gasteiger partial charge in [-0.05, 0) is 49.9 Å². The molecule has 3 aromatic heterocycles. The summed E-state index contributed by atoms with van der Waals surface area (Å²) in [6.07, 6.45) is -2.94. The number of fused-ring (bicyclic) bond motifs is 1. The number of rotatable bonds is 4. The van der Waals surface area contributed by atoms with Crippen molar-refractivity contribution in [2.45, 2.75) is 44.5 Å². The smallest absolute Gasteiger partial charge is 0.355 e. The first-order valence-electron chi connectivity index (χ1n) is 12.3. The highest BCUT2D eigenvalue weighted by molar-refractivity contribution is 5.62. The Morgan fingerprint density at radius 3 is 2.21 bits per heavy atom. The fraction of sp³-hybridized carbons (Fsp3) is 0.440. The highest BCUT2D eigenvalue weighted by Crippen LogP contribution is 2.37. The number of anilines is 4. The molecule has 2 aliphatic heterocycles. The van der Waals surface area contributed by atoms with E-state index in [1.54, 1.807) is 4.90 Å². The van der Waals surface area contributed by atoms with Gasteiger partial charge in [0.1, 0.15) is 17.3 Å². The lowest BCUT2D eigenvalue weighted by Gasteiger charge is -2.28. The minimum absolute atomic E-state index is 0.140. The van der Waals surface area contributed by atoms with Gasteiger partial charge in [0.15, 0.2) is 0 Å². The van der Waals surface area contributed by atoms with Crippen molar-refractivity contribution < 1.29 is 26.3 Å². The first kappa shape index (κ1) is 26.0. The Hall–Kier alpha value is -3.64. The second-order valence-electron chi connectivity index (χ2n) is 9.26. The molecular formula is C25H25F6N7. The number of halogens is 6. The lowest BCUT2D eigenvalue weighted by molar-refractivity contribution is -0.141. The molecule has 1 N–H and O–H groups in total. The van der Waals surface area contributed by atoms with E-state index in [1.807, 2.05) is 0 Å². The van der Waals surface area contributed by atoms with Gasteiger partial charge in [-0.3, -0.25) is 0 Å². The van der Waals surface area contributed by atoms with E-state index < -0.39 is 23.6 Å². The van der Waals surface area contributed by atoms with Gasteiger partial charge in [-0.15, -0.1) is 0 Å². The zero-order valence-electron chi connectivity index (χ0n) is 20.3. The molecule has 0 atom stereocenters. The molecule has 5 rings (SSSR count). The van der Waals surface area contributed by atoms with Crippen LogP contribution >= 0.6 is 0 Å². The Kier molecular flexibility index (Phi) is 7.01. The summed E-state index contributed by atoms with van der Waals surface area (Å²) in [5.41, 5.74) is -0.105. The van der Waals surface area contributed by atoms with E-state index in [9.17, 15) is 26.3 Å². The molecule has 2 aliphatic rings. The minimum atomic E-state index is -4.56. The van der Waals surface area contributed by atoms with Crippen LogP contribution in [-0.4, -0.2) is 46.1 Å². The van der Waals surface area contributed by atoms with Gasteiger partial charge in [-0.25, -0.2) is 15.0 Å². The summed E-state index contributed by atoms with van der Waals surface area (Å²) in [5, 5.41) is 3.09. The van der Waals surface area contributed by atoms with Crippen LogP contribution in [0.1, 0.15) is 41.8 Å². The fourth-order valence-corrected chi connectivity index (χ4v) is 4.78. The quantitative estimate of drug-likeness (QED) is 0.432. The number of hydrogen-bond acceptors (Lipinski definition) is 7. The monoisotopic (exact) mass is 537 g/mol. The topological polar surface area (TPSA) is 70.1 Å². The fourth-order valence-electron chi connectivity index (χ4n) is 4.78. The van der Waals surface area contributed by atoms with Crippen molar-refractivity contribution >= 4 is 23.3 Å². The summed E-state index contributed by atoms with van der Waals surface area (Å²) in [6, 6.07) is 4.43. The molecule has 13 heteroatoms. The van der Waals surface area contributed by atoms with Gasteiger partial charge in [-0.1, -0.05) is 0 Å². The molecule has 0 aromatic carbocycles. The largest absolute Gasteiger partial charge is 0.433 e. The molecular weight excluding hydrogens is 512 g/mol. The van der Waals surface area contributed by atoms with E-state index in [0.717, 1.165) is 50.7 Å². The summed E-state index contributed by atoms with van der Waals surface area (Å²) >= 11 is 0. The summed E-state index contributed by atoms with van der Waals surface area (Å²) in [6.45, 7) is 2.05. The van der Waals surface area contributed by atoms with Crippen molar-refractivity contribution in [2.75, 3.05) is 41.3 Å². The van der Waals surface area contributed by atoms with E-state index >= 15 is 0 Å². The molecule has 0 amide bonds. The van der Waals surface area contributed by atoms with Crippen LogP contribution in [0.15, 0.2) is 36.7 Å². The summed E-state index contributed by atoms with van der Waals surface area (Å²) in [7, 11) is 0. The number of piperidine rings is 1. The van der Waals surface area contributed by atoms with Crippen LogP contribution in [0, 0.1) is 0 Å². The first-order valence-corrected chi connectivity index (χ1v) is 12.3. The van der Waals surface area contributed by atoms with Gasteiger partial charge in [0.25, 0.3) is 0 Å². The van der Waals surface area contributed by atoms with Crippen LogP contribution in [0.25, 0.3) is 0 Å². The summed E-state index contributed by atoms with van der Waals surface area (Å²) < 4.78 is 79.9. The second-order valence-corrected chi connectivity index (χ2v) is 9.26. The van der Waals surface area contributed by atoms with Gasteiger partial charge in [-0.2, -0.15) is 31.3 Å². The van der Waals surface area contributed by atoms with Crippen molar-refractivity contribution in [1.29, 1.82) is 0 Å². The number of aromatic nitrogens is 4. The van der Waals surface area contributed by atoms with Gasteiger partial charge in [0, 0.05) is 44.4 Å². The van der Waals surface area contributed by atoms with Crippen LogP contribution in [0.2, 0.25) is 0 Å². The van der Waals surface area contributed by atoms with E-state index in [-0.39, 0.29) is 18.9 Å². The molecule has 0 bridgehead atoms. The summed E-state index contributed by atoms with van der Waals surface area (Å²) in [5.74, 6) is 0.766. The molecule has 0 unspecified atom stereocenters. The zero-order valence-corrected chi connectivity index (χ0v) is 20.3. The zero-order chi connectivity index (χ0) is 26.9. The van der Waals surface area contributed by atoms with Gasteiger partial charge in [0.2, 0.25) is 5.95 Å². The van der Waals surface area contributed by atoms with E-state index in [2.05, 4.69) is 20.2 Å². The average molecular weight is 538 g/mol. The lowest BCUT2D eigenvalue weighted by atomic mass is 10.1. The highest BCUT2D eigenvalue weighted by Gasteiger charge is 2.36. The highest BCUT2D eigenvalue weighted by atomic mass is 19.4. The third-order valence-electron chi connectivity index (χ3n) is 6.68.